The van der Waals surface area contributed by atoms with Crippen LogP contribution in [0.2, 0.25) is 0 Å². The van der Waals surface area contributed by atoms with Crippen LogP contribution in [-0.2, 0) is 0 Å². The molecule has 3 atom stereocenters. The molecule has 16 heavy (non-hydrogen) atoms. The maximum atomic E-state index is 9.71. The number of nitrogens with one attached hydrogen (secondary N) is 1. The number of aliphatic hydroxyl groups is 2. The number of aliphatic hydroxyl groups excluding tert-OH is 2. The van der Waals surface area contributed by atoms with Gasteiger partial charge in [-0.2, -0.15) is 4.99 Å². The molecule has 2 aliphatic heterocycles. The van der Waals surface area contributed by atoms with E-state index in [9.17, 15) is 5.11 Å². The summed E-state index contributed by atoms with van der Waals surface area (Å²) in [7, 11) is 0. The molecule has 0 spiro atoms. The standard InChI is InChI=1S/C9H16N4O2S/c1-5-12-9(10)11-4-13(5)8-2-6(15)7(3-14)16-8/h6-8,14-15H,1-4H2,(H3,10,11,12)/t6?,7-,8-/m1/s1. The average Bonchev–Trinajstić information content (AvgIpc) is 2.59. The van der Waals surface area contributed by atoms with E-state index in [0.717, 1.165) is 0 Å². The summed E-state index contributed by atoms with van der Waals surface area (Å²) in [6, 6.07) is 0. The molecule has 2 rings (SSSR count). The fourth-order valence-electron chi connectivity index (χ4n) is 1.84. The molecule has 7 heteroatoms. The lowest BCUT2D eigenvalue weighted by Gasteiger charge is -2.33. The van der Waals surface area contributed by atoms with E-state index in [4.69, 9.17) is 10.8 Å². The van der Waals surface area contributed by atoms with Gasteiger partial charge in [0.25, 0.3) is 0 Å². The molecule has 0 aliphatic carbocycles. The second-order valence-corrected chi connectivity index (χ2v) is 5.25. The van der Waals surface area contributed by atoms with Gasteiger partial charge < -0.3 is 26.2 Å². The van der Waals surface area contributed by atoms with Crippen molar-refractivity contribution in [2.45, 2.75) is 23.1 Å². The van der Waals surface area contributed by atoms with E-state index >= 15 is 0 Å². The molecule has 0 aromatic rings. The minimum atomic E-state index is -0.476. The summed E-state index contributed by atoms with van der Waals surface area (Å²) in [5.41, 5.74) is 5.52. The van der Waals surface area contributed by atoms with Crippen LogP contribution in [0.1, 0.15) is 6.42 Å². The fraction of sp³-hybridized carbons (Fsp3) is 0.667. The van der Waals surface area contributed by atoms with Gasteiger partial charge >= 0.3 is 0 Å². The Labute approximate surface area is 98.2 Å². The monoisotopic (exact) mass is 244 g/mol. The minimum Gasteiger partial charge on any atom is -0.395 e. The molecule has 0 saturated carbocycles. The number of thioether (sulfide) groups is 1. The zero-order chi connectivity index (χ0) is 11.7. The van der Waals surface area contributed by atoms with Crippen LogP contribution in [0.15, 0.2) is 17.4 Å². The van der Waals surface area contributed by atoms with Crippen molar-refractivity contribution in [2.24, 2.45) is 10.7 Å². The van der Waals surface area contributed by atoms with Crippen LogP contribution < -0.4 is 11.1 Å². The molecule has 0 aromatic carbocycles. The summed E-state index contributed by atoms with van der Waals surface area (Å²) in [5.74, 6) is 0.961. The van der Waals surface area contributed by atoms with Crippen LogP contribution >= 0.6 is 11.8 Å². The maximum Gasteiger partial charge on any atom is 0.196 e. The molecule has 0 radical (unpaired) electrons. The predicted molar refractivity (Wildman–Crippen MR) is 63.5 cm³/mol. The Bertz CT molecular complexity index is 323. The number of rotatable bonds is 2. The third-order valence-electron chi connectivity index (χ3n) is 2.74. The Morgan fingerprint density at radius 2 is 2.44 bits per heavy atom. The lowest BCUT2D eigenvalue weighted by molar-refractivity contribution is 0.129. The van der Waals surface area contributed by atoms with Crippen molar-refractivity contribution in [3.8, 4) is 0 Å². The van der Waals surface area contributed by atoms with E-state index < -0.39 is 6.10 Å². The van der Waals surface area contributed by atoms with Gasteiger partial charge in [0, 0.05) is 6.42 Å². The number of hydrogen-bond donors (Lipinski definition) is 4. The largest absolute Gasteiger partial charge is 0.395 e. The van der Waals surface area contributed by atoms with Crippen molar-refractivity contribution in [3.05, 3.63) is 12.4 Å². The molecule has 2 aliphatic rings. The Morgan fingerprint density at radius 3 is 3.00 bits per heavy atom. The zero-order valence-electron chi connectivity index (χ0n) is 8.83. The fourth-order valence-corrected chi connectivity index (χ4v) is 3.27. The highest BCUT2D eigenvalue weighted by Crippen LogP contribution is 2.37. The first kappa shape index (κ1) is 11.6. The van der Waals surface area contributed by atoms with Gasteiger partial charge in [0.15, 0.2) is 5.96 Å². The highest BCUT2D eigenvalue weighted by atomic mass is 32.2. The number of hydrogen-bond acceptors (Lipinski definition) is 7. The van der Waals surface area contributed by atoms with Gasteiger partial charge in [0.2, 0.25) is 0 Å². The van der Waals surface area contributed by atoms with Gasteiger partial charge in [-0.25, -0.2) is 0 Å². The van der Waals surface area contributed by atoms with Crippen molar-refractivity contribution in [1.82, 2.24) is 10.2 Å². The number of aliphatic imine (C=N–C) groups is 1. The van der Waals surface area contributed by atoms with E-state index in [1.54, 1.807) is 11.8 Å². The van der Waals surface area contributed by atoms with Gasteiger partial charge in [-0.3, -0.25) is 0 Å². The van der Waals surface area contributed by atoms with Crippen molar-refractivity contribution in [1.29, 1.82) is 0 Å². The summed E-state index contributed by atoms with van der Waals surface area (Å²) < 4.78 is 0. The van der Waals surface area contributed by atoms with Crippen LogP contribution in [0, 0.1) is 0 Å². The quantitative estimate of drug-likeness (QED) is 0.488. The van der Waals surface area contributed by atoms with Crippen molar-refractivity contribution in [3.63, 3.8) is 0 Å². The summed E-state index contributed by atoms with van der Waals surface area (Å²) in [6.45, 7) is 4.35. The minimum absolute atomic E-state index is 0.0124. The van der Waals surface area contributed by atoms with E-state index in [0.29, 0.717) is 24.9 Å². The van der Waals surface area contributed by atoms with Crippen LogP contribution in [0.4, 0.5) is 0 Å². The summed E-state index contributed by atoms with van der Waals surface area (Å²) >= 11 is 1.55. The van der Waals surface area contributed by atoms with Gasteiger partial charge in [0.1, 0.15) is 5.82 Å². The Hall–Kier alpha value is -0.920. The zero-order valence-corrected chi connectivity index (χ0v) is 9.65. The van der Waals surface area contributed by atoms with Crippen molar-refractivity contribution >= 4 is 17.7 Å². The second-order valence-electron chi connectivity index (χ2n) is 3.83. The van der Waals surface area contributed by atoms with Gasteiger partial charge in [-0.15, -0.1) is 11.8 Å². The average molecular weight is 244 g/mol. The Balaban J connectivity index is 2.02. The third-order valence-corrected chi connectivity index (χ3v) is 4.32. The van der Waals surface area contributed by atoms with Gasteiger partial charge in [0.05, 0.1) is 30.0 Å². The van der Waals surface area contributed by atoms with Gasteiger partial charge in [-0.1, -0.05) is 6.58 Å². The van der Waals surface area contributed by atoms with E-state index in [1.165, 1.54) is 0 Å². The summed E-state index contributed by atoms with van der Waals surface area (Å²) in [6.07, 6.45) is 0.127. The first-order valence-corrected chi connectivity index (χ1v) is 6.04. The van der Waals surface area contributed by atoms with Crippen molar-refractivity contribution in [2.75, 3.05) is 13.3 Å². The Morgan fingerprint density at radius 1 is 1.69 bits per heavy atom. The topological polar surface area (TPSA) is 94.1 Å². The lowest BCUT2D eigenvalue weighted by atomic mass is 10.2. The highest BCUT2D eigenvalue weighted by Gasteiger charge is 2.37. The second kappa shape index (κ2) is 4.52. The molecule has 2 heterocycles. The molecule has 1 unspecified atom stereocenters. The molecule has 6 nitrogen and oxygen atoms in total. The molecule has 1 fully saturated rings. The van der Waals surface area contributed by atoms with Crippen LogP contribution in [-0.4, -0.2) is 51.1 Å². The van der Waals surface area contributed by atoms with Crippen molar-refractivity contribution < 1.29 is 10.2 Å². The first-order chi connectivity index (χ1) is 7.61. The number of nitrogens with two attached hydrogens (primary N) is 1. The highest BCUT2D eigenvalue weighted by molar-refractivity contribution is 8.00. The summed E-state index contributed by atoms with van der Waals surface area (Å²) in [5, 5.41) is 21.7. The molecular weight excluding hydrogens is 228 g/mol. The molecule has 5 N–H and O–H groups in total. The smallest absolute Gasteiger partial charge is 0.196 e. The normalized spacial score (nSPS) is 34.9. The molecule has 0 bridgehead atoms. The SMILES string of the molecule is C=C1N=C(N)NCN1[C@H]1CC(O)[C@@H](CO)S1. The predicted octanol–water partition coefficient (Wildman–Crippen LogP) is -1.18. The molecular formula is C9H16N4O2S. The third kappa shape index (κ3) is 2.11. The van der Waals surface area contributed by atoms with Crippen LogP contribution in [0.3, 0.4) is 0 Å². The maximum absolute atomic E-state index is 9.71. The molecule has 90 valence electrons. The molecule has 1 saturated heterocycles. The molecule has 0 aromatic heterocycles. The Kier molecular flexibility index (Phi) is 3.27. The number of guanidine groups is 1. The van der Waals surface area contributed by atoms with Crippen LogP contribution in [0.25, 0.3) is 0 Å². The lowest BCUT2D eigenvalue weighted by Crippen LogP contribution is -2.47. The van der Waals surface area contributed by atoms with E-state index in [-0.39, 0.29) is 17.2 Å². The molecule has 0 amide bonds. The van der Waals surface area contributed by atoms with Crippen LogP contribution in [0.5, 0.6) is 0 Å². The van der Waals surface area contributed by atoms with E-state index in [2.05, 4.69) is 16.9 Å². The first-order valence-electron chi connectivity index (χ1n) is 5.09. The summed E-state index contributed by atoms with van der Waals surface area (Å²) in [4.78, 5) is 5.99. The van der Waals surface area contributed by atoms with Gasteiger partial charge in [-0.05, 0) is 0 Å². The van der Waals surface area contributed by atoms with E-state index in [1.807, 2.05) is 4.90 Å². The number of nitrogens with zero attached hydrogens (tertiary/aromatic N) is 2.